The molecule has 1 fully saturated rings. The van der Waals surface area contributed by atoms with Crippen LogP contribution in [0.4, 0.5) is 4.79 Å². The number of oxime groups is 1. The summed E-state index contributed by atoms with van der Waals surface area (Å²) in [6.45, 7) is 9.12. The zero-order valence-electron chi connectivity index (χ0n) is 12.7. The van der Waals surface area contributed by atoms with Crippen LogP contribution in [0.25, 0.3) is 0 Å². The monoisotopic (exact) mass is 299 g/mol. The predicted octanol–water partition coefficient (Wildman–Crippen LogP) is 0.139. The van der Waals surface area contributed by atoms with E-state index in [4.69, 9.17) is 4.84 Å². The second kappa shape index (κ2) is 9.17. The summed E-state index contributed by atoms with van der Waals surface area (Å²) in [5, 5.41) is 18.8. The van der Waals surface area contributed by atoms with Crippen LogP contribution in [0.15, 0.2) is 10.1 Å². The predicted molar refractivity (Wildman–Crippen MR) is 81.4 cm³/mol. The number of likely N-dealkylation sites (tertiary alicyclic amines) is 1. The molecule has 0 bridgehead atoms. The highest BCUT2D eigenvalue weighted by Crippen LogP contribution is 2.09. The Morgan fingerprint density at radius 3 is 2.95 bits per heavy atom. The SMILES string of the molecule is C=N/C(=N\OCCNC(=O)NC(C)CC)N1CCC(O)C1. The van der Waals surface area contributed by atoms with Gasteiger partial charge in [-0.25, -0.2) is 9.79 Å². The summed E-state index contributed by atoms with van der Waals surface area (Å²) in [7, 11) is 0. The Morgan fingerprint density at radius 1 is 1.62 bits per heavy atom. The Morgan fingerprint density at radius 2 is 2.38 bits per heavy atom. The van der Waals surface area contributed by atoms with Gasteiger partial charge in [0.25, 0.3) is 5.96 Å². The minimum atomic E-state index is -0.358. The Bertz CT molecular complexity index is 375. The smallest absolute Gasteiger partial charge is 0.315 e. The molecule has 120 valence electrons. The molecule has 2 unspecified atom stereocenters. The van der Waals surface area contributed by atoms with Gasteiger partial charge in [-0.05, 0) is 31.6 Å². The van der Waals surface area contributed by atoms with Crippen LogP contribution in [0.1, 0.15) is 26.7 Å². The number of rotatable bonds is 6. The fourth-order valence-corrected chi connectivity index (χ4v) is 1.80. The Balaban J connectivity index is 2.20. The van der Waals surface area contributed by atoms with Crippen LogP contribution in [0, 0.1) is 0 Å². The maximum atomic E-state index is 11.4. The lowest BCUT2D eigenvalue weighted by molar-refractivity contribution is 0.140. The number of aliphatic hydroxyl groups is 1. The third-order valence-corrected chi connectivity index (χ3v) is 3.20. The van der Waals surface area contributed by atoms with Crippen molar-refractivity contribution in [3.05, 3.63) is 0 Å². The van der Waals surface area contributed by atoms with Crippen LogP contribution in [0.2, 0.25) is 0 Å². The van der Waals surface area contributed by atoms with Crippen LogP contribution in [0.5, 0.6) is 0 Å². The maximum Gasteiger partial charge on any atom is 0.315 e. The molecular formula is C13H25N5O3. The van der Waals surface area contributed by atoms with Crippen LogP contribution in [-0.2, 0) is 4.84 Å². The van der Waals surface area contributed by atoms with Gasteiger partial charge in [0.1, 0.15) is 6.61 Å². The molecule has 0 aromatic rings. The van der Waals surface area contributed by atoms with Crippen molar-refractivity contribution in [3.63, 3.8) is 0 Å². The number of aliphatic hydroxyl groups excluding tert-OH is 1. The molecule has 0 radical (unpaired) electrons. The first-order valence-electron chi connectivity index (χ1n) is 7.20. The Kier molecular flexibility index (Phi) is 7.52. The number of nitrogens with zero attached hydrogens (tertiary/aromatic N) is 3. The molecule has 0 saturated carbocycles. The second-order valence-electron chi connectivity index (χ2n) is 4.98. The van der Waals surface area contributed by atoms with Crippen molar-refractivity contribution < 1.29 is 14.7 Å². The van der Waals surface area contributed by atoms with Crippen molar-refractivity contribution >= 4 is 18.7 Å². The number of amides is 2. The number of guanidine groups is 1. The fraction of sp³-hybridized carbons (Fsp3) is 0.769. The van der Waals surface area contributed by atoms with E-state index in [0.29, 0.717) is 32.0 Å². The molecule has 0 aromatic carbocycles. The molecule has 0 aromatic heterocycles. The van der Waals surface area contributed by atoms with Gasteiger partial charge in [0.05, 0.1) is 12.6 Å². The topological polar surface area (TPSA) is 98.5 Å². The van der Waals surface area contributed by atoms with E-state index in [9.17, 15) is 9.90 Å². The van der Waals surface area contributed by atoms with Gasteiger partial charge in [0, 0.05) is 19.1 Å². The minimum Gasteiger partial charge on any atom is -0.391 e. The van der Waals surface area contributed by atoms with Gasteiger partial charge in [-0.3, -0.25) is 0 Å². The highest BCUT2D eigenvalue weighted by molar-refractivity contribution is 5.83. The normalized spacial score (nSPS) is 20.0. The minimum absolute atomic E-state index is 0.141. The van der Waals surface area contributed by atoms with Crippen molar-refractivity contribution in [2.45, 2.75) is 38.8 Å². The number of hydrogen-bond donors (Lipinski definition) is 3. The molecule has 0 aliphatic carbocycles. The highest BCUT2D eigenvalue weighted by Gasteiger charge is 2.22. The molecule has 8 heteroatoms. The first-order valence-corrected chi connectivity index (χ1v) is 7.20. The number of carbonyl (C=O) groups is 1. The van der Waals surface area contributed by atoms with Crippen LogP contribution >= 0.6 is 0 Å². The lowest BCUT2D eigenvalue weighted by Gasteiger charge is -2.15. The molecule has 1 aliphatic rings. The van der Waals surface area contributed by atoms with E-state index in [0.717, 1.165) is 6.42 Å². The van der Waals surface area contributed by atoms with Crippen molar-refractivity contribution in [1.82, 2.24) is 15.5 Å². The van der Waals surface area contributed by atoms with Gasteiger partial charge in [-0.15, -0.1) is 0 Å². The second-order valence-corrected chi connectivity index (χ2v) is 4.98. The van der Waals surface area contributed by atoms with Crippen LogP contribution in [-0.4, -0.2) is 67.1 Å². The Labute approximate surface area is 125 Å². The fourth-order valence-electron chi connectivity index (χ4n) is 1.80. The molecule has 8 nitrogen and oxygen atoms in total. The lowest BCUT2D eigenvalue weighted by Crippen LogP contribution is -2.41. The average Bonchev–Trinajstić information content (AvgIpc) is 2.89. The first kappa shape index (κ1) is 17.2. The molecular weight excluding hydrogens is 274 g/mol. The van der Waals surface area contributed by atoms with E-state index in [1.54, 1.807) is 4.90 Å². The summed E-state index contributed by atoms with van der Waals surface area (Å²) >= 11 is 0. The molecule has 1 aliphatic heterocycles. The lowest BCUT2D eigenvalue weighted by atomic mass is 10.3. The summed E-state index contributed by atoms with van der Waals surface area (Å²) in [4.78, 5) is 22.1. The maximum absolute atomic E-state index is 11.4. The van der Waals surface area contributed by atoms with Gasteiger partial charge < -0.3 is 25.5 Å². The van der Waals surface area contributed by atoms with Crippen molar-refractivity contribution in [1.29, 1.82) is 0 Å². The third-order valence-electron chi connectivity index (χ3n) is 3.20. The number of nitrogens with one attached hydrogen (secondary N) is 2. The number of urea groups is 1. The summed E-state index contributed by atoms with van der Waals surface area (Å²) in [5.74, 6) is 0.357. The zero-order valence-corrected chi connectivity index (χ0v) is 12.7. The summed E-state index contributed by atoms with van der Waals surface area (Å²) in [6.07, 6.45) is 1.21. The average molecular weight is 299 g/mol. The highest BCUT2D eigenvalue weighted by atomic mass is 16.6. The summed E-state index contributed by atoms with van der Waals surface area (Å²) < 4.78 is 0. The van der Waals surface area contributed by atoms with Crippen molar-refractivity contribution in [2.75, 3.05) is 26.2 Å². The number of β-amino-alcohol motifs (C(OH)–C–C–N with tert-alkyl or cyclic N) is 1. The van der Waals surface area contributed by atoms with Gasteiger partial charge in [0.2, 0.25) is 0 Å². The molecule has 0 spiro atoms. The molecule has 3 N–H and O–H groups in total. The van der Waals surface area contributed by atoms with Crippen LogP contribution < -0.4 is 10.6 Å². The van der Waals surface area contributed by atoms with Crippen molar-refractivity contribution in [2.24, 2.45) is 10.1 Å². The zero-order chi connectivity index (χ0) is 15.7. The number of carbonyl (C=O) groups excluding carboxylic acids is 1. The van der Waals surface area contributed by atoms with E-state index in [1.807, 2.05) is 13.8 Å². The van der Waals surface area contributed by atoms with E-state index < -0.39 is 0 Å². The van der Waals surface area contributed by atoms with E-state index in [-0.39, 0.29) is 24.8 Å². The van der Waals surface area contributed by atoms with E-state index in [1.165, 1.54) is 0 Å². The molecule has 21 heavy (non-hydrogen) atoms. The summed E-state index contributed by atoms with van der Waals surface area (Å²) in [5.41, 5.74) is 0. The molecule has 1 saturated heterocycles. The molecule has 1 rings (SSSR count). The first-order chi connectivity index (χ1) is 10.1. The summed E-state index contributed by atoms with van der Waals surface area (Å²) in [6, 6.07) is -0.0798. The number of aliphatic imine (C=N–C) groups is 1. The Hall–Kier alpha value is -1.83. The van der Waals surface area contributed by atoms with Gasteiger partial charge >= 0.3 is 6.03 Å². The standard InChI is InChI=1S/C13H25N5O3/c1-4-10(2)16-13(20)15-6-8-21-17-12(14-3)18-7-5-11(19)9-18/h10-11,19H,3-9H2,1-2H3,(H2,15,16,20)/b17-12+. The number of hydrogen-bond acceptors (Lipinski definition) is 4. The van der Waals surface area contributed by atoms with E-state index >= 15 is 0 Å². The quantitative estimate of drug-likeness (QED) is 0.281. The van der Waals surface area contributed by atoms with Gasteiger partial charge in [-0.1, -0.05) is 6.92 Å². The van der Waals surface area contributed by atoms with Gasteiger partial charge in [0.15, 0.2) is 0 Å². The third kappa shape index (κ3) is 6.44. The van der Waals surface area contributed by atoms with E-state index in [2.05, 4.69) is 27.5 Å². The van der Waals surface area contributed by atoms with Gasteiger partial charge in [-0.2, -0.15) is 0 Å². The molecule has 2 atom stereocenters. The van der Waals surface area contributed by atoms with Crippen molar-refractivity contribution in [3.8, 4) is 0 Å². The van der Waals surface area contributed by atoms with Crippen LogP contribution in [0.3, 0.4) is 0 Å². The molecule has 1 heterocycles. The largest absolute Gasteiger partial charge is 0.391 e. The molecule has 2 amide bonds.